The van der Waals surface area contributed by atoms with Crippen molar-refractivity contribution in [2.45, 2.75) is 6.92 Å². The van der Waals surface area contributed by atoms with E-state index in [9.17, 15) is 0 Å². The molecule has 0 saturated heterocycles. The van der Waals surface area contributed by atoms with Gasteiger partial charge in [-0.2, -0.15) is 0 Å². The molecular weight excluding hydrogens is 338 g/mol. The lowest BCUT2D eigenvalue weighted by molar-refractivity contribution is 1.05. The van der Waals surface area contributed by atoms with Crippen molar-refractivity contribution in [3.05, 3.63) is 59.0 Å². The fourth-order valence-corrected chi connectivity index (χ4v) is 3.66. The van der Waals surface area contributed by atoms with E-state index in [1.54, 1.807) is 17.5 Å². The van der Waals surface area contributed by atoms with Gasteiger partial charge in [0, 0.05) is 22.8 Å². The minimum Gasteiger partial charge on any atom is -0.330 e. The molecule has 3 heterocycles. The number of anilines is 2. The highest BCUT2D eigenvalue weighted by Crippen LogP contribution is 2.30. The van der Waals surface area contributed by atoms with Crippen LogP contribution < -0.4 is 5.32 Å². The van der Waals surface area contributed by atoms with Gasteiger partial charge in [-0.05, 0) is 31.2 Å². The number of aryl methyl sites for hydroxylation is 1. The van der Waals surface area contributed by atoms with E-state index in [1.807, 2.05) is 43.3 Å². The SMILES string of the molecule is Cc1nnc(Nc2cccc(-c3csc(-c4ccccn4)n3)c2)s1. The van der Waals surface area contributed by atoms with E-state index in [4.69, 9.17) is 4.98 Å². The second-order valence-corrected chi connectivity index (χ2v) is 7.12. The molecule has 0 atom stereocenters. The molecule has 24 heavy (non-hydrogen) atoms. The van der Waals surface area contributed by atoms with Crippen LogP contribution in [-0.2, 0) is 0 Å². The molecule has 7 heteroatoms. The molecule has 0 unspecified atom stereocenters. The molecule has 0 bridgehead atoms. The molecule has 0 aliphatic carbocycles. The monoisotopic (exact) mass is 351 g/mol. The minimum absolute atomic E-state index is 0.789. The van der Waals surface area contributed by atoms with Gasteiger partial charge >= 0.3 is 0 Å². The molecular formula is C17H13N5S2. The van der Waals surface area contributed by atoms with Crippen LogP contribution in [-0.4, -0.2) is 20.2 Å². The molecule has 0 radical (unpaired) electrons. The number of thiazole rings is 1. The van der Waals surface area contributed by atoms with Gasteiger partial charge in [-0.3, -0.25) is 4.98 Å². The lowest BCUT2D eigenvalue weighted by atomic mass is 10.1. The van der Waals surface area contributed by atoms with E-state index in [0.717, 1.165) is 37.8 Å². The lowest BCUT2D eigenvalue weighted by Crippen LogP contribution is -1.90. The van der Waals surface area contributed by atoms with Gasteiger partial charge in [0.1, 0.15) is 10.0 Å². The third-order valence-corrected chi connectivity index (χ3v) is 4.94. The molecule has 118 valence electrons. The third-order valence-electron chi connectivity index (χ3n) is 3.32. The van der Waals surface area contributed by atoms with Crippen molar-refractivity contribution >= 4 is 33.5 Å². The number of rotatable bonds is 4. The summed E-state index contributed by atoms with van der Waals surface area (Å²) in [6.45, 7) is 1.94. The van der Waals surface area contributed by atoms with Gasteiger partial charge in [-0.25, -0.2) is 4.98 Å². The first-order valence-corrected chi connectivity index (χ1v) is 9.02. The van der Waals surface area contributed by atoms with E-state index in [2.05, 4.69) is 31.9 Å². The lowest BCUT2D eigenvalue weighted by Gasteiger charge is -2.04. The highest BCUT2D eigenvalue weighted by atomic mass is 32.1. The Hall–Kier alpha value is -2.64. The van der Waals surface area contributed by atoms with Gasteiger partial charge < -0.3 is 5.32 Å². The summed E-state index contributed by atoms with van der Waals surface area (Å²) in [5.74, 6) is 0. The van der Waals surface area contributed by atoms with Crippen LogP contribution in [0.15, 0.2) is 54.0 Å². The Bertz CT molecular complexity index is 962. The molecule has 0 aliphatic rings. The van der Waals surface area contributed by atoms with E-state index >= 15 is 0 Å². The van der Waals surface area contributed by atoms with Crippen LogP contribution in [0.25, 0.3) is 22.0 Å². The zero-order valence-corrected chi connectivity index (χ0v) is 14.4. The molecule has 4 rings (SSSR count). The third kappa shape index (κ3) is 3.17. The summed E-state index contributed by atoms with van der Waals surface area (Å²) in [5, 5.41) is 16.1. The van der Waals surface area contributed by atoms with Gasteiger partial charge in [-0.1, -0.05) is 29.5 Å². The molecule has 1 N–H and O–H groups in total. The number of pyridine rings is 1. The standard InChI is InChI=1S/C17H13N5S2/c1-11-21-22-17(24-11)19-13-6-4-5-12(9-13)15-10-23-16(20-15)14-7-2-3-8-18-14/h2-10H,1H3,(H,19,22). The van der Waals surface area contributed by atoms with E-state index in [-0.39, 0.29) is 0 Å². The minimum atomic E-state index is 0.789. The second kappa shape index (κ2) is 6.46. The van der Waals surface area contributed by atoms with Crippen molar-refractivity contribution < 1.29 is 0 Å². The highest BCUT2D eigenvalue weighted by molar-refractivity contribution is 7.15. The summed E-state index contributed by atoms with van der Waals surface area (Å²) in [4.78, 5) is 9.06. The van der Waals surface area contributed by atoms with Crippen molar-refractivity contribution in [1.82, 2.24) is 20.2 Å². The van der Waals surface area contributed by atoms with Crippen LogP contribution >= 0.6 is 22.7 Å². The number of hydrogen-bond acceptors (Lipinski definition) is 7. The quantitative estimate of drug-likeness (QED) is 0.573. The molecule has 1 aromatic carbocycles. The van der Waals surface area contributed by atoms with Crippen molar-refractivity contribution in [3.63, 3.8) is 0 Å². The Morgan fingerprint density at radius 3 is 2.75 bits per heavy atom. The Morgan fingerprint density at radius 1 is 1.00 bits per heavy atom. The zero-order chi connectivity index (χ0) is 16.4. The van der Waals surface area contributed by atoms with E-state index in [1.165, 1.54) is 11.3 Å². The Morgan fingerprint density at radius 2 is 1.96 bits per heavy atom. The number of aromatic nitrogens is 4. The average Bonchev–Trinajstić information content (AvgIpc) is 3.25. The predicted molar refractivity (Wildman–Crippen MR) is 98.7 cm³/mol. The summed E-state index contributed by atoms with van der Waals surface area (Å²) in [6, 6.07) is 14.0. The summed E-state index contributed by atoms with van der Waals surface area (Å²) < 4.78 is 0. The van der Waals surface area contributed by atoms with Crippen LogP contribution in [0.1, 0.15) is 5.01 Å². The smallest absolute Gasteiger partial charge is 0.210 e. The van der Waals surface area contributed by atoms with Gasteiger partial charge in [0.05, 0.1) is 11.4 Å². The average molecular weight is 351 g/mol. The van der Waals surface area contributed by atoms with E-state index in [0.29, 0.717) is 0 Å². The summed E-state index contributed by atoms with van der Waals surface area (Å²) in [7, 11) is 0. The molecule has 0 saturated carbocycles. The maximum absolute atomic E-state index is 4.71. The molecule has 0 aliphatic heterocycles. The zero-order valence-electron chi connectivity index (χ0n) is 12.8. The summed E-state index contributed by atoms with van der Waals surface area (Å²) in [5.41, 5.74) is 3.86. The molecule has 0 amide bonds. The van der Waals surface area contributed by atoms with E-state index < -0.39 is 0 Å². The van der Waals surface area contributed by atoms with Crippen molar-refractivity contribution in [2.24, 2.45) is 0 Å². The molecule has 3 aromatic heterocycles. The Labute approximate surface area is 147 Å². The fourth-order valence-electron chi connectivity index (χ4n) is 2.24. The highest BCUT2D eigenvalue weighted by Gasteiger charge is 2.08. The van der Waals surface area contributed by atoms with Gasteiger partial charge in [0.25, 0.3) is 0 Å². The molecule has 0 spiro atoms. The first kappa shape index (κ1) is 14.9. The maximum Gasteiger partial charge on any atom is 0.210 e. The first-order chi connectivity index (χ1) is 11.8. The number of hydrogen-bond donors (Lipinski definition) is 1. The Balaban J connectivity index is 1.61. The van der Waals surface area contributed by atoms with Gasteiger partial charge in [0.2, 0.25) is 5.13 Å². The Kier molecular flexibility index (Phi) is 4.02. The maximum atomic E-state index is 4.71. The second-order valence-electron chi connectivity index (χ2n) is 5.08. The normalized spacial score (nSPS) is 10.7. The number of benzene rings is 1. The van der Waals surface area contributed by atoms with Gasteiger partial charge in [-0.15, -0.1) is 21.5 Å². The summed E-state index contributed by atoms with van der Waals surface area (Å²) in [6.07, 6.45) is 1.78. The van der Waals surface area contributed by atoms with Crippen LogP contribution in [0.3, 0.4) is 0 Å². The first-order valence-electron chi connectivity index (χ1n) is 7.32. The van der Waals surface area contributed by atoms with Crippen LogP contribution in [0, 0.1) is 6.92 Å². The number of nitrogens with one attached hydrogen (secondary N) is 1. The molecule has 4 aromatic rings. The fraction of sp³-hybridized carbons (Fsp3) is 0.0588. The predicted octanol–water partition coefficient (Wildman–Crippen LogP) is 4.78. The van der Waals surface area contributed by atoms with Gasteiger partial charge in [0.15, 0.2) is 0 Å². The van der Waals surface area contributed by atoms with Crippen molar-refractivity contribution in [2.75, 3.05) is 5.32 Å². The number of nitrogens with zero attached hydrogens (tertiary/aromatic N) is 4. The summed E-state index contributed by atoms with van der Waals surface area (Å²) >= 11 is 3.13. The molecule has 5 nitrogen and oxygen atoms in total. The topological polar surface area (TPSA) is 63.6 Å². The van der Waals surface area contributed by atoms with Crippen LogP contribution in [0.4, 0.5) is 10.8 Å². The van der Waals surface area contributed by atoms with Crippen LogP contribution in [0.2, 0.25) is 0 Å². The van der Waals surface area contributed by atoms with Crippen LogP contribution in [0.5, 0.6) is 0 Å². The van der Waals surface area contributed by atoms with Crippen molar-refractivity contribution in [1.29, 1.82) is 0 Å². The largest absolute Gasteiger partial charge is 0.330 e. The van der Waals surface area contributed by atoms with Crippen molar-refractivity contribution in [3.8, 4) is 22.0 Å². The molecule has 0 fully saturated rings.